The molecule has 1 unspecified atom stereocenters. The van der Waals surface area contributed by atoms with Crippen molar-refractivity contribution in [3.63, 3.8) is 0 Å². The average molecular weight is 194 g/mol. The van der Waals surface area contributed by atoms with Crippen LogP contribution in [0.15, 0.2) is 47.9 Å². The van der Waals surface area contributed by atoms with E-state index < -0.39 is 0 Å². The highest BCUT2D eigenvalue weighted by atomic mass is 32.2. The lowest BCUT2D eigenvalue weighted by Gasteiger charge is -2.09. The molecule has 0 N–H and O–H groups in total. The molecule has 0 aliphatic carbocycles. The molecule has 1 atom stereocenters. The fourth-order valence-corrected chi connectivity index (χ4v) is 1.91. The predicted molar refractivity (Wildman–Crippen MR) is 58.2 cm³/mol. The molecule has 70 valence electrons. The van der Waals surface area contributed by atoms with E-state index in [0.717, 1.165) is 5.75 Å². The molecule has 1 aromatic carbocycles. The zero-order valence-corrected chi connectivity index (χ0v) is 8.59. The first-order chi connectivity index (χ1) is 6.36. The van der Waals surface area contributed by atoms with Gasteiger partial charge in [0.15, 0.2) is 0 Å². The Morgan fingerprint density at radius 3 is 2.69 bits per heavy atom. The number of benzene rings is 1. The van der Waals surface area contributed by atoms with Gasteiger partial charge in [-0.2, -0.15) is 0 Å². The van der Waals surface area contributed by atoms with Gasteiger partial charge in [-0.1, -0.05) is 24.3 Å². The minimum Gasteiger partial charge on any atom is -0.377 e. The van der Waals surface area contributed by atoms with Crippen molar-refractivity contribution in [1.29, 1.82) is 0 Å². The van der Waals surface area contributed by atoms with Gasteiger partial charge in [0.25, 0.3) is 0 Å². The monoisotopic (exact) mass is 194 g/mol. The van der Waals surface area contributed by atoms with Crippen LogP contribution in [0.1, 0.15) is 0 Å². The van der Waals surface area contributed by atoms with Gasteiger partial charge in [-0.15, -0.1) is 18.3 Å². The molecule has 0 aliphatic heterocycles. The Bertz CT molecular complexity index is 246. The van der Waals surface area contributed by atoms with Crippen LogP contribution in [-0.2, 0) is 4.74 Å². The van der Waals surface area contributed by atoms with E-state index in [9.17, 15) is 0 Å². The maximum atomic E-state index is 5.18. The summed E-state index contributed by atoms with van der Waals surface area (Å²) in [6.07, 6.45) is 1.97. The lowest BCUT2D eigenvalue weighted by Crippen LogP contribution is -2.08. The van der Waals surface area contributed by atoms with Crippen molar-refractivity contribution in [1.82, 2.24) is 0 Å². The molecule has 0 spiro atoms. The molecule has 0 saturated heterocycles. The van der Waals surface area contributed by atoms with Gasteiger partial charge in [0.05, 0.1) is 6.10 Å². The van der Waals surface area contributed by atoms with Crippen LogP contribution >= 0.6 is 11.8 Å². The van der Waals surface area contributed by atoms with Crippen LogP contribution in [-0.4, -0.2) is 19.0 Å². The lowest BCUT2D eigenvalue weighted by molar-refractivity contribution is 0.160. The molecule has 1 nitrogen and oxygen atoms in total. The van der Waals surface area contributed by atoms with Crippen LogP contribution in [0.2, 0.25) is 0 Å². The van der Waals surface area contributed by atoms with Crippen molar-refractivity contribution >= 4 is 11.8 Å². The van der Waals surface area contributed by atoms with Gasteiger partial charge in [0.2, 0.25) is 0 Å². The molecule has 0 saturated carbocycles. The van der Waals surface area contributed by atoms with E-state index in [1.807, 2.05) is 24.3 Å². The van der Waals surface area contributed by atoms with Gasteiger partial charge in [-0.05, 0) is 12.1 Å². The van der Waals surface area contributed by atoms with E-state index in [1.54, 1.807) is 18.9 Å². The molecule has 0 heterocycles. The Kier molecular flexibility index (Phi) is 4.65. The Labute approximate surface area is 83.8 Å². The number of thioether (sulfide) groups is 1. The van der Waals surface area contributed by atoms with Crippen molar-refractivity contribution in [2.24, 2.45) is 0 Å². The maximum Gasteiger partial charge on any atom is 0.0843 e. The summed E-state index contributed by atoms with van der Waals surface area (Å²) in [6, 6.07) is 10.3. The minimum atomic E-state index is 0.144. The second-order valence-corrected chi connectivity index (χ2v) is 3.73. The van der Waals surface area contributed by atoms with Crippen LogP contribution in [0.3, 0.4) is 0 Å². The molecule has 2 heteroatoms. The van der Waals surface area contributed by atoms with Gasteiger partial charge >= 0.3 is 0 Å². The summed E-state index contributed by atoms with van der Waals surface area (Å²) in [6.45, 7) is 3.71. The van der Waals surface area contributed by atoms with E-state index in [0.29, 0.717) is 0 Å². The minimum absolute atomic E-state index is 0.144. The highest BCUT2D eigenvalue weighted by molar-refractivity contribution is 7.99. The van der Waals surface area contributed by atoms with Crippen molar-refractivity contribution in [2.45, 2.75) is 11.0 Å². The summed E-state index contributed by atoms with van der Waals surface area (Å²) in [5, 5.41) is 0. The first kappa shape index (κ1) is 10.4. The van der Waals surface area contributed by atoms with E-state index in [2.05, 4.69) is 18.7 Å². The zero-order valence-electron chi connectivity index (χ0n) is 7.77. The normalized spacial score (nSPS) is 12.4. The van der Waals surface area contributed by atoms with Crippen molar-refractivity contribution in [3.05, 3.63) is 43.0 Å². The third-order valence-corrected chi connectivity index (χ3v) is 2.82. The fraction of sp³-hybridized carbons (Fsp3) is 0.273. The van der Waals surface area contributed by atoms with Gasteiger partial charge in [0.1, 0.15) is 0 Å². The highest BCUT2D eigenvalue weighted by Gasteiger charge is 2.01. The van der Waals surface area contributed by atoms with Crippen LogP contribution in [0.25, 0.3) is 0 Å². The summed E-state index contributed by atoms with van der Waals surface area (Å²) >= 11 is 1.78. The van der Waals surface area contributed by atoms with E-state index in [4.69, 9.17) is 4.74 Å². The van der Waals surface area contributed by atoms with Gasteiger partial charge in [-0.3, -0.25) is 0 Å². The average Bonchev–Trinajstić information content (AvgIpc) is 2.21. The molecule has 0 radical (unpaired) electrons. The molecule has 0 aliphatic rings. The van der Waals surface area contributed by atoms with E-state index in [-0.39, 0.29) is 6.10 Å². The molecule has 0 bridgehead atoms. The topological polar surface area (TPSA) is 9.23 Å². The summed E-state index contributed by atoms with van der Waals surface area (Å²) in [4.78, 5) is 1.27. The third-order valence-electron chi connectivity index (χ3n) is 1.72. The molecule has 0 aromatic heterocycles. The summed E-state index contributed by atoms with van der Waals surface area (Å²) < 4.78 is 5.18. The largest absolute Gasteiger partial charge is 0.377 e. The van der Waals surface area contributed by atoms with Crippen LogP contribution < -0.4 is 0 Å². The first-order valence-electron chi connectivity index (χ1n) is 4.20. The summed E-state index contributed by atoms with van der Waals surface area (Å²) in [5.74, 6) is 0.921. The van der Waals surface area contributed by atoms with Crippen molar-refractivity contribution in [2.75, 3.05) is 12.9 Å². The van der Waals surface area contributed by atoms with Crippen LogP contribution in [0.4, 0.5) is 0 Å². The lowest BCUT2D eigenvalue weighted by atomic mass is 10.4. The maximum absolute atomic E-state index is 5.18. The first-order valence-corrected chi connectivity index (χ1v) is 5.18. The van der Waals surface area contributed by atoms with Crippen LogP contribution in [0.5, 0.6) is 0 Å². The molecule has 13 heavy (non-hydrogen) atoms. The second kappa shape index (κ2) is 5.84. The number of rotatable bonds is 5. The molecule has 1 aromatic rings. The third kappa shape index (κ3) is 3.66. The van der Waals surface area contributed by atoms with Crippen molar-refractivity contribution in [3.8, 4) is 0 Å². The second-order valence-electron chi connectivity index (χ2n) is 2.63. The van der Waals surface area contributed by atoms with E-state index in [1.165, 1.54) is 4.90 Å². The summed E-state index contributed by atoms with van der Waals surface area (Å²) in [5.41, 5.74) is 0. The number of ether oxygens (including phenoxy) is 1. The molecular formula is C11H14OS. The zero-order chi connectivity index (χ0) is 9.52. The van der Waals surface area contributed by atoms with Gasteiger partial charge < -0.3 is 4.74 Å². The van der Waals surface area contributed by atoms with Crippen LogP contribution in [0, 0.1) is 0 Å². The highest BCUT2D eigenvalue weighted by Crippen LogP contribution is 2.18. The molecule has 0 fully saturated rings. The van der Waals surface area contributed by atoms with Gasteiger partial charge in [-0.25, -0.2) is 0 Å². The quantitative estimate of drug-likeness (QED) is 0.526. The number of methoxy groups -OCH3 is 1. The Morgan fingerprint density at radius 2 is 2.15 bits per heavy atom. The Morgan fingerprint density at radius 1 is 1.46 bits per heavy atom. The Balaban J connectivity index is 2.38. The standard InChI is InChI=1S/C11H14OS/c1-3-10(12-2)9-13-11-7-5-4-6-8-11/h3-8,10H,1,9H2,2H3. The Hall–Kier alpha value is -0.730. The van der Waals surface area contributed by atoms with Gasteiger partial charge in [0, 0.05) is 17.8 Å². The SMILES string of the molecule is C=CC(CSc1ccccc1)OC. The van der Waals surface area contributed by atoms with E-state index >= 15 is 0 Å². The molecular weight excluding hydrogens is 180 g/mol. The fourth-order valence-electron chi connectivity index (χ4n) is 0.927. The summed E-state index contributed by atoms with van der Waals surface area (Å²) in [7, 11) is 1.71. The smallest absolute Gasteiger partial charge is 0.0843 e. The molecule has 1 rings (SSSR count). The number of hydrogen-bond donors (Lipinski definition) is 0. The number of hydrogen-bond acceptors (Lipinski definition) is 2. The predicted octanol–water partition coefficient (Wildman–Crippen LogP) is 2.98. The molecule has 0 amide bonds. The van der Waals surface area contributed by atoms with Crippen molar-refractivity contribution < 1.29 is 4.74 Å².